The van der Waals surface area contributed by atoms with Crippen LogP contribution in [0.25, 0.3) is 0 Å². The summed E-state index contributed by atoms with van der Waals surface area (Å²) >= 11 is 0. The minimum atomic E-state index is -0.178. The molecule has 5 heteroatoms. The van der Waals surface area contributed by atoms with Crippen LogP contribution >= 0.6 is 0 Å². The summed E-state index contributed by atoms with van der Waals surface area (Å²) in [6.07, 6.45) is 1.92. The van der Waals surface area contributed by atoms with Gasteiger partial charge in [-0.15, -0.1) is 0 Å². The van der Waals surface area contributed by atoms with E-state index in [2.05, 4.69) is 24.3 Å². The summed E-state index contributed by atoms with van der Waals surface area (Å²) in [7, 11) is 0. The van der Waals surface area contributed by atoms with Crippen molar-refractivity contribution in [3.05, 3.63) is 12.3 Å². The molecule has 5 nitrogen and oxygen atoms in total. The Morgan fingerprint density at radius 1 is 1.53 bits per heavy atom. The first-order chi connectivity index (χ1) is 8.04. The largest absolute Gasteiger partial charge is 0.466 e. The van der Waals surface area contributed by atoms with Crippen molar-refractivity contribution in [1.29, 1.82) is 0 Å². The monoisotopic (exact) mass is 239 g/mol. The average molecular weight is 239 g/mol. The normalized spacial score (nSPS) is 12.5. The second-order valence-corrected chi connectivity index (χ2v) is 4.31. The number of hydrogen-bond donors (Lipinski definition) is 1. The van der Waals surface area contributed by atoms with Gasteiger partial charge in [0.2, 0.25) is 0 Å². The lowest BCUT2D eigenvalue weighted by molar-refractivity contribution is -0.146. The topological polar surface area (TPSA) is 56.1 Å². The lowest BCUT2D eigenvalue weighted by atomic mass is 10.2. The summed E-state index contributed by atoms with van der Waals surface area (Å²) in [5.74, 6) is 0.442. The second kappa shape index (κ2) is 6.27. The van der Waals surface area contributed by atoms with Crippen LogP contribution in [0.2, 0.25) is 0 Å². The highest BCUT2D eigenvalue weighted by Crippen LogP contribution is 2.09. The highest BCUT2D eigenvalue weighted by Gasteiger charge is 2.13. The van der Waals surface area contributed by atoms with E-state index in [1.165, 1.54) is 0 Å². The number of nitrogens with zero attached hydrogens (tertiary/aromatic N) is 2. The molecule has 0 aliphatic carbocycles. The standard InChI is InChI=1S/C12H21N3O2/c1-5-17-12(16)10(4)8-13-11-6-7-15(14-11)9(2)3/h6-7,9-10H,5,8H2,1-4H3,(H,13,14). The molecule has 0 saturated carbocycles. The third kappa shape index (κ3) is 4.09. The van der Waals surface area contributed by atoms with Gasteiger partial charge in [0.1, 0.15) is 5.82 Å². The van der Waals surface area contributed by atoms with E-state index in [1.807, 2.05) is 30.8 Å². The third-order valence-electron chi connectivity index (χ3n) is 2.42. The zero-order chi connectivity index (χ0) is 12.8. The molecule has 0 amide bonds. The fourth-order valence-corrected chi connectivity index (χ4v) is 1.35. The number of hydrogen-bond acceptors (Lipinski definition) is 4. The second-order valence-electron chi connectivity index (χ2n) is 4.31. The van der Waals surface area contributed by atoms with Crippen LogP contribution in [0.15, 0.2) is 12.3 Å². The Bertz CT molecular complexity index is 360. The molecule has 17 heavy (non-hydrogen) atoms. The van der Waals surface area contributed by atoms with Gasteiger partial charge in [0.25, 0.3) is 0 Å². The SMILES string of the molecule is CCOC(=O)C(C)CNc1ccn(C(C)C)n1. The number of esters is 1. The van der Waals surface area contributed by atoms with Gasteiger partial charge in [-0.05, 0) is 20.8 Å². The van der Waals surface area contributed by atoms with Crippen LogP contribution in [-0.2, 0) is 9.53 Å². The van der Waals surface area contributed by atoms with Crippen LogP contribution < -0.4 is 5.32 Å². The fraction of sp³-hybridized carbons (Fsp3) is 0.667. The van der Waals surface area contributed by atoms with E-state index >= 15 is 0 Å². The van der Waals surface area contributed by atoms with E-state index < -0.39 is 0 Å². The van der Waals surface area contributed by atoms with Crippen LogP contribution in [0.5, 0.6) is 0 Å². The molecule has 0 aliphatic rings. The molecule has 1 aromatic heterocycles. The van der Waals surface area contributed by atoms with Crippen LogP contribution in [0.1, 0.15) is 33.7 Å². The maximum Gasteiger partial charge on any atom is 0.310 e. The van der Waals surface area contributed by atoms with Crippen molar-refractivity contribution < 1.29 is 9.53 Å². The summed E-state index contributed by atoms with van der Waals surface area (Å²) in [5.41, 5.74) is 0. The van der Waals surface area contributed by atoms with Gasteiger partial charge in [-0.2, -0.15) is 5.10 Å². The quantitative estimate of drug-likeness (QED) is 0.772. The predicted molar refractivity (Wildman–Crippen MR) is 66.9 cm³/mol. The molecular formula is C12H21N3O2. The fourth-order valence-electron chi connectivity index (χ4n) is 1.35. The lowest BCUT2D eigenvalue weighted by Crippen LogP contribution is -2.22. The Balaban J connectivity index is 2.41. The Hall–Kier alpha value is -1.52. The van der Waals surface area contributed by atoms with Gasteiger partial charge < -0.3 is 10.1 Å². The smallest absolute Gasteiger partial charge is 0.310 e. The van der Waals surface area contributed by atoms with Gasteiger partial charge in [0.15, 0.2) is 0 Å². The molecule has 1 aromatic rings. The zero-order valence-electron chi connectivity index (χ0n) is 10.9. The van der Waals surface area contributed by atoms with Crippen molar-refractivity contribution in [2.75, 3.05) is 18.5 Å². The van der Waals surface area contributed by atoms with Crippen LogP contribution in [0, 0.1) is 5.92 Å². The average Bonchev–Trinajstić information content (AvgIpc) is 2.75. The maximum absolute atomic E-state index is 11.4. The number of rotatable bonds is 6. The third-order valence-corrected chi connectivity index (χ3v) is 2.42. The number of anilines is 1. The summed E-state index contributed by atoms with van der Waals surface area (Å²) in [4.78, 5) is 11.4. The molecular weight excluding hydrogens is 218 g/mol. The molecule has 0 aliphatic heterocycles. The number of carbonyl (C=O) groups excluding carboxylic acids is 1. The van der Waals surface area contributed by atoms with Gasteiger partial charge in [-0.1, -0.05) is 6.92 Å². The van der Waals surface area contributed by atoms with Gasteiger partial charge in [-0.3, -0.25) is 9.48 Å². The van der Waals surface area contributed by atoms with Gasteiger partial charge in [0.05, 0.1) is 12.5 Å². The van der Waals surface area contributed by atoms with E-state index in [0.717, 1.165) is 5.82 Å². The minimum Gasteiger partial charge on any atom is -0.466 e. The van der Waals surface area contributed by atoms with Crippen LogP contribution in [0.3, 0.4) is 0 Å². The minimum absolute atomic E-state index is 0.167. The molecule has 0 radical (unpaired) electrons. The summed E-state index contributed by atoms with van der Waals surface area (Å²) in [6.45, 7) is 8.74. The predicted octanol–water partition coefficient (Wildman–Crippen LogP) is 2.08. The highest BCUT2D eigenvalue weighted by atomic mass is 16.5. The van der Waals surface area contributed by atoms with E-state index in [4.69, 9.17) is 4.74 Å². The maximum atomic E-state index is 11.4. The van der Waals surface area contributed by atoms with Crippen molar-refractivity contribution in [1.82, 2.24) is 9.78 Å². The summed E-state index contributed by atoms with van der Waals surface area (Å²) < 4.78 is 6.80. The first kappa shape index (κ1) is 13.5. The Kier molecular flexibility index (Phi) is 5.00. The first-order valence-corrected chi connectivity index (χ1v) is 6.00. The molecule has 1 N–H and O–H groups in total. The van der Waals surface area contributed by atoms with Crippen molar-refractivity contribution in [3.8, 4) is 0 Å². The molecule has 1 unspecified atom stereocenters. The zero-order valence-corrected chi connectivity index (χ0v) is 10.9. The van der Waals surface area contributed by atoms with E-state index in [0.29, 0.717) is 19.2 Å². The van der Waals surface area contributed by atoms with E-state index in [1.54, 1.807) is 0 Å². The number of aromatic nitrogens is 2. The molecule has 96 valence electrons. The van der Waals surface area contributed by atoms with Crippen molar-refractivity contribution in [3.63, 3.8) is 0 Å². The molecule has 0 spiro atoms. The summed E-state index contributed by atoms with van der Waals surface area (Å²) in [5, 5.41) is 7.47. The summed E-state index contributed by atoms with van der Waals surface area (Å²) in [6, 6.07) is 2.24. The van der Waals surface area contributed by atoms with E-state index in [-0.39, 0.29) is 11.9 Å². The van der Waals surface area contributed by atoms with Crippen molar-refractivity contribution >= 4 is 11.8 Å². The molecule has 0 bridgehead atoms. The molecule has 0 aromatic carbocycles. The van der Waals surface area contributed by atoms with Gasteiger partial charge >= 0.3 is 5.97 Å². The van der Waals surface area contributed by atoms with Crippen molar-refractivity contribution in [2.45, 2.75) is 33.7 Å². The van der Waals surface area contributed by atoms with Gasteiger partial charge in [-0.25, -0.2) is 0 Å². The van der Waals surface area contributed by atoms with Gasteiger partial charge in [0, 0.05) is 24.8 Å². The lowest BCUT2D eigenvalue weighted by Gasteiger charge is -2.11. The Morgan fingerprint density at radius 2 is 2.24 bits per heavy atom. The Labute approximate surface area is 102 Å². The molecule has 1 atom stereocenters. The number of carbonyl (C=O) groups is 1. The molecule has 0 fully saturated rings. The molecule has 0 saturated heterocycles. The van der Waals surface area contributed by atoms with Crippen LogP contribution in [0.4, 0.5) is 5.82 Å². The first-order valence-electron chi connectivity index (χ1n) is 6.00. The van der Waals surface area contributed by atoms with E-state index in [9.17, 15) is 4.79 Å². The molecule has 1 heterocycles. The van der Waals surface area contributed by atoms with Crippen LogP contribution in [-0.4, -0.2) is 28.9 Å². The van der Waals surface area contributed by atoms with Crippen molar-refractivity contribution in [2.24, 2.45) is 5.92 Å². The molecule has 1 rings (SSSR count). The Morgan fingerprint density at radius 3 is 2.76 bits per heavy atom. The highest BCUT2D eigenvalue weighted by molar-refractivity contribution is 5.72. The number of nitrogens with one attached hydrogen (secondary N) is 1. The number of ether oxygens (including phenoxy) is 1.